The number of hydrogen-bond donors (Lipinski definition) is 1. The molecular weight excluding hydrogens is 546 g/mol. The number of carbonyl (C=O) groups is 1. The number of nitrogens with zero attached hydrogens (tertiary/aromatic N) is 4. The quantitative estimate of drug-likeness (QED) is 0.304. The van der Waals surface area contributed by atoms with Crippen molar-refractivity contribution in [2.75, 3.05) is 33.5 Å². The Bertz CT molecular complexity index is 1350. The fraction of sp³-hybridized carbons (Fsp3) is 0.448. The minimum atomic E-state index is -0.358. The van der Waals surface area contributed by atoms with Gasteiger partial charge in [-0.3, -0.25) is 4.98 Å². The van der Waals surface area contributed by atoms with E-state index in [1.807, 2.05) is 50.7 Å². The summed E-state index contributed by atoms with van der Waals surface area (Å²) in [5.74, 6) is 1.09. The third-order valence-electron chi connectivity index (χ3n) is 6.89. The SMILES string of the molecule is C1CCCC1.COC(=O)c1cc(C)nc(C2=C(OC)CC[N+](C)=C2C)c1.Cn1c(N)nc2ccc(Br)cc21. The standard InChI is InChI=1S/C16H21N2O3.C8H8BrN3.C5H10/c1-10-8-12(16(19)21-5)9-13(17-10)15-11(2)18(3)7-6-14(15)20-4;1-12-7-4-5(9)2-3-6(7)11-8(12)10;1-2-4-5-3-1/h8-9H,6-7H2,1-5H3;2-4H,1H3,(H2,10,11);1-5H2/q+1;;. The number of benzene rings is 1. The molecule has 0 bridgehead atoms. The van der Waals surface area contributed by atoms with Crippen LogP contribution in [0.15, 0.2) is 40.6 Å². The van der Waals surface area contributed by atoms with Crippen LogP contribution in [0.2, 0.25) is 0 Å². The number of pyridine rings is 1. The summed E-state index contributed by atoms with van der Waals surface area (Å²) < 4.78 is 15.4. The number of methoxy groups -OCH3 is 2. The van der Waals surface area contributed by atoms with Crippen LogP contribution in [0.5, 0.6) is 0 Å². The highest BCUT2D eigenvalue weighted by atomic mass is 79.9. The predicted molar refractivity (Wildman–Crippen MR) is 157 cm³/mol. The lowest BCUT2D eigenvalue weighted by atomic mass is 9.99. The summed E-state index contributed by atoms with van der Waals surface area (Å²) in [5, 5.41) is 0. The van der Waals surface area contributed by atoms with Crippen molar-refractivity contribution in [3.63, 3.8) is 0 Å². The van der Waals surface area contributed by atoms with Gasteiger partial charge in [-0.2, -0.15) is 0 Å². The number of esters is 1. The van der Waals surface area contributed by atoms with Crippen LogP contribution in [-0.2, 0) is 16.5 Å². The van der Waals surface area contributed by atoms with E-state index in [2.05, 4.69) is 30.5 Å². The molecule has 1 fully saturated rings. The molecule has 1 aromatic carbocycles. The molecule has 0 atom stereocenters. The fourth-order valence-corrected chi connectivity index (χ4v) is 4.93. The second kappa shape index (κ2) is 13.6. The first-order valence-electron chi connectivity index (χ1n) is 12.9. The summed E-state index contributed by atoms with van der Waals surface area (Å²) >= 11 is 3.39. The topological polar surface area (TPSA) is 95.3 Å². The molecule has 3 aromatic rings. The summed E-state index contributed by atoms with van der Waals surface area (Å²) in [6.07, 6.45) is 8.32. The number of hydrogen-bond acceptors (Lipinski definition) is 6. The summed E-state index contributed by atoms with van der Waals surface area (Å²) in [6.45, 7) is 4.81. The van der Waals surface area contributed by atoms with E-state index in [9.17, 15) is 4.79 Å². The van der Waals surface area contributed by atoms with Gasteiger partial charge in [0.05, 0.1) is 42.9 Å². The van der Waals surface area contributed by atoms with E-state index in [4.69, 9.17) is 15.2 Å². The number of aromatic nitrogens is 3. The molecule has 0 unspecified atom stereocenters. The summed E-state index contributed by atoms with van der Waals surface area (Å²) in [6, 6.07) is 9.38. The second-order valence-electron chi connectivity index (χ2n) is 9.56. The monoisotopic (exact) mass is 584 g/mol. The number of allylic oxidation sites excluding steroid dienone is 1. The van der Waals surface area contributed by atoms with Gasteiger partial charge in [-0.15, -0.1) is 0 Å². The van der Waals surface area contributed by atoms with Crippen molar-refractivity contribution >= 4 is 50.2 Å². The Morgan fingerprint density at radius 1 is 1.05 bits per heavy atom. The van der Waals surface area contributed by atoms with Gasteiger partial charge in [0.1, 0.15) is 24.9 Å². The van der Waals surface area contributed by atoms with E-state index >= 15 is 0 Å². The number of aryl methyl sites for hydroxylation is 2. The van der Waals surface area contributed by atoms with Gasteiger partial charge < -0.3 is 19.8 Å². The van der Waals surface area contributed by atoms with Crippen LogP contribution in [0, 0.1) is 6.92 Å². The zero-order valence-electron chi connectivity index (χ0n) is 23.3. The molecule has 0 radical (unpaired) electrons. The van der Waals surface area contributed by atoms with Gasteiger partial charge in [-0.1, -0.05) is 48.0 Å². The molecule has 38 heavy (non-hydrogen) atoms. The highest BCUT2D eigenvalue weighted by Crippen LogP contribution is 2.26. The molecule has 9 heteroatoms. The Morgan fingerprint density at radius 2 is 1.71 bits per heavy atom. The summed E-state index contributed by atoms with van der Waals surface area (Å²) in [7, 11) is 6.99. The first kappa shape index (κ1) is 29.4. The Balaban J connectivity index is 0.000000195. The van der Waals surface area contributed by atoms with Crippen LogP contribution in [0.4, 0.5) is 5.95 Å². The van der Waals surface area contributed by atoms with E-state index in [-0.39, 0.29) is 5.97 Å². The molecular formula is C29H39BrN5O3+. The van der Waals surface area contributed by atoms with Crippen LogP contribution in [0.3, 0.4) is 0 Å². The van der Waals surface area contributed by atoms with Crippen molar-refractivity contribution in [1.29, 1.82) is 0 Å². The Hall–Kier alpha value is -3.20. The van der Waals surface area contributed by atoms with Crippen molar-refractivity contribution < 1.29 is 18.8 Å². The van der Waals surface area contributed by atoms with Crippen LogP contribution < -0.4 is 5.73 Å². The van der Waals surface area contributed by atoms with Gasteiger partial charge in [-0.05, 0) is 37.3 Å². The van der Waals surface area contributed by atoms with Gasteiger partial charge in [0, 0.05) is 24.1 Å². The van der Waals surface area contributed by atoms with Crippen molar-refractivity contribution in [2.45, 2.75) is 52.4 Å². The molecule has 1 aliphatic carbocycles. The average molecular weight is 586 g/mol. The number of carbonyl (C=O) groups excluding carboxylic acids is 1. The molecule has 0 saturated heterocycles. The zero-order chi connectivity index (χ0) is 27.8. The lowest BCUT2D eigenvalue weighted by Gasteiger charge is -2.18. The molecule has 3 heterocycles. The number of anilines is 1. The largest absolute Gasteiger partial charge is 0.500 e. The number of halogens is 1. The third kappa shape index (κ3) is 7.22. The van der Waals surface area contributed by atoms with Crippen molar-refractivity contribution in [1.82, 2.24) is 14.5 Å². The molecule has 8 nitrogen and oxygen atoms in total. The van der Waals surface area contributed by atoms with Crippen molar-refractivity contribution in [3.8, 4) is 0 Å². The third-order valence-corrected chi connectivity index (χ3v) is 7.39. The van der Waals surface area contributed by atoms with E-state index in [1.54, 1.807) is 19.2 Å². The Morgan fingerprint density at radius 3 is 2.32 bits per heavy atom. The number of fused-ring (bicyclic) bond motifs is 1. The second-order valence-corrected chi connectivity index (χ2v) is 10.5. The zero-order valence-corrected chi connectivity index (χ0v) is 24.9. The minimum absolute atomic E-state index is 0.358. The highest BCUT2D eigenvalue weighted by molar-refractivity contribution is 9.10. The molecule has 1 saturated carbocycles. The van der Waals surface area contributed by atoms with Crippen LogP contribution in [0.25, 0.3) is 16.6 Å². The lowest BCUT2D eigenvalue weighted by Crippen LogP contribution is -2.25. The van der Waals surface area contributed by atoms with Crippen LogP contribution in [0.1, 0.15) is 67.2 Å². The molecule has 0 amide bonds. The minimum Gasteiger partial charge on any atom is -0.500 e. The molecule has 2 aromatic heterocycles. The first-order chi connectivity index (χ1) is 18.2. The first-order valence-corrected chi connectivity index (χ1v) is 13.7. The van der Waals surface area contributed by atoms with E-state index in [0.29, 0.717) is 11.5 Å². The van der Waals surface area contributed by atoms with Crippen LogP contribution >= 0.6 is 15.9 Å². The van der Waals surface area contributed by atoms with Gasteiger partial charge >= 0.3 is 5.97 Å². The van der Waals surface area contributed by atoms with Gasteiger partial charge in [0.25, 0.3) is 0 Å². The molecule has 204 valence electrons. The normalized spacial score (nSPS) is 15.0. The maximum absolute atomic E-state index is 11.8. The van der Waals surface area contributed by atoms with Crippen molar-refractivity contribution in [2.24, 2.45) is 7.05 Å². The molecule has 1 aliphatic heterocycles. The average Bonchev–Trinajstić information content (AvgIpc) is 3.58. The molecule has 2 N–H and O–H groups in total. The molecule has 0 spiro atoms. The van der Waals surface area contributed by atoms with E-state index in [1.165, 1.54) is 39.2 Å². The van der Waals surface area contributed by atoms with E-state index in [0.717, 1.165) is 56.9 Å². The number of ether oxygens (including phenoxy) is 2. The Labute approximate surface area is 233 Å². The van der Waals surface area contributed by atoms with E-state index < -0.39 is 0 Å². The lowest BCUT2D eigenvalue weighted by molar-refractivity contribution is -0.497. The molecule has 2 aliphatic rings. The summed E-state index contributed by atoms with van der Waals surface area (Å²) in [4.78, 5) is 20.5. The predicted octanol–water partition coefficient (Wildman–Crippen LogP) is 5.91. The maximum Gasteiger partial charge on any atom is 0.337 e. The molecule has 5 rings (SSSR count). The van der Waals surface area contributed by atoms with Gasteiger partial charge in [0.15, 0.2) is 5.71 Å². The fourth-order valence-electron chi connectivity index (χ4n) is 4.58. The van der Waals surface area contributed by atoms with Gasteiger partial charge in [0.2, 0.25) is 5.95 Å². The smallest absolute Gasteiger partial charge is 0.337 e. The van der Waals surface area contributed by atoms with Crippen LogP contribution in [-0.4, -0.2) is 58.6 Å². The van der Waals surface area contributed by atoms with Crippen molar-refractivity contribution in [3.05, 3.63) is 57.5 Å². The maximum atomic E-state index is 11.8. The number of nitrogens with two attached hydrogens (primary N) is 1. The number of imidazole rings is 1. The Kier molecular flexibility index (Phi) is 10.5. The summed E-state index contributed by atoms with van der Waals surface area (Å²) in [5.41, 5.74) is 11.7. The van der Waals surface area contributed by atoms with Gasteiger partial charge in [-0.25, -0.2) is 14.4 Å². The highest BCUT2D eigenvalue weighted by Gasteiger charge is 2.27. The number of nitrogen functional groups attached to an aromatic ring is 1. The number of rotatable bonds is 3.